The van der Waals surface area contributed by atoms with E-state index in [2.05, 4.69) is 10.3 Å². The van der Waals surface area contributed by atoms with Crippen LogP contribution in [0.5, 0.6) is 5.75 Å². The summed E-state index contributed by atoms with van der Waals surface area (Å²) in [5.74, 6) is -0.364. The zero-order valence-electron chi connectivity index (χ0n) is 10.9. The summed E-state index contributed by atoms with van der Waals surface area (Å²) >= 11 is 5.79. The second kappa shape index (κ2) is 5.32. The van der Waals surface area contributed by atoms with Crippen LogP contribution in [0.4, 0.5) is 4.39 Å². The summed E-state index contributed by atoms with van der Waals surface area (Å²) in [5, 5.41) is 12.2. The van der Waals surface area contributed by atoms with Gasteiger partial charge in [0, 0.05) is 37.1 Å². The van der Waals surface area contributed by atoms with Gasteiger partial charge in [0.2, 0.25) is 0 Å². The molecule has 0 atom stereocenters. The first-order valence-corrected chi connectivity index (χ1v) is 6.72. The molecule has 0 spiro atoms. The lowest BCUT2D eigenvalue weighted by atomic mass is 9.89. The number of benzene rings is 1. The van der Waals surface area contributed by atoms with E-state index in [1.54, 1.807) is 12.4 Å². The average Bonchev–Trinajstić information content (AvgIpc) is 2.47. The zero-order chi connectivity index (χ0) is 14.9. The molecule has 1 aromatic carbocycles. The van der Waals surface area contributed by atoms with Gasteiger partial charge in [0.15, 0.2) is 5.60 Å². The third-order valence-corrected chi connectivity index (χ3v) is 3.75. The third kappa shape index (κ3) is 2.44. The molecule has 1 aromatic heterocycles. The fraction of sp³-hybridized carbons (Fsp3) is 0.200. The molecule has 0 saturated carbocycles. The molecule has 4 nitrogen and oxygen atoms in total. The zero-order valence-corrected chi connectivity index (χ0v) is 11.7. The van der Waals surface area contributed by atoms with E-state index < -0.39 is 11.4 Å². The van der Waals surface area contributed by atoms with Crippen LogP contribution in [-0.2, 0) is 5.60 Å². The van der Waals surface area contributed by atoms with E-state index >= 15 is 0 Å². The summed E-state index contributed by atoms with van der Waals surface area (Å²) in [6, 6.07) is 8.08. The fourth-order valence-electron chi connectivity index (χ4n) is 2.23. The molecule has 6 heteroatoms. The highest BCUT2D eigenvalue weighted by molar-refractivity contribution is 6.30. The maximum absolute atomic E-state index is 13.4. The number of halogens is 2. The van der Waals surface area contributed by atoms with Gasteiger partial charge in [-0.05, 0) is 12.1 Å². The SMILES string of the molecule is N#Cc1cc(F)c(Cl)cc1OC1(c2cccnc2)CNC1. The quantitative estimate of drug-likeness (QED) is 0.947. The van der Waals surface area contributed by atoms with E-state index in [0.29, 0.717) is 13.1 Å². The highest BCUT2D eigenvalue weighted by Crippen LogP contribution is 2.35. The van der Waals surface area contributed by atoms with Crippen LogP contribution in [0, 0.1) is 17.1 Å². The third-order valence-electron chi connectivity index (χ3n) is 3.46. The molecule has 1 fully saturated rings. The lowest BCUT2D eigenvalue weighted by Crippen LogP contribution is -2.60. The molecule has 1 aliphatic heterocycles. The van der Waals surface area contributed by atoms with Crippen LogP contribution < -0.4 is 10.1 Å². The number of rotatable bonds is 3. The maximum Gasteiger partial charge on any atom is 0.160 e. The van der Waals surface area contributed by atoms with Crippen molar-refractivity contribution in [1.29, 1.82) is 5.26 Å². The minimum absolute atomic E-state index is 0.0716. The van der Waals surface area contributed by atoms with Gasteiger partial charge in [-0.1, -0.05) is 17.7 Å². The Labute approximate surface area is 126 Å². The Bertz CT molecular complexity index is 711. The molecule has 2 aromatic rings. The van der Waals surface area contributed by atoms with E-state index in [0.717, 1.165) is 11.6 Å². The predicted octanol–water partition coefficient (Wildman–Crippen LogP) is 2.62. The summed E-state index contributed by atoms with van der Waals surface area (Å²) < 4.78 is 19.4. The van der Waals surface area contributed by atoms with Crippen LogP contribution in [0.1, 0.15) is 11.1 Å². The van der Waals surface area contributed by atoms with Gasteiger partial charge in [-0.3, -0.25) is 4.98 Å². The minimum Gasteiger partial charge on any atom is -0.478 e. The molecule has 2 heterocycles. The highest BCUT2D eigenvalue weighted by atomic mass is 35.5. The highest BCUT2D eigenvalue weighted by Gasteiger charge is 2.42. The molecular weight excluding hydrogens is 293 g/mol. The molecule has 1 aliphatic rings. The van der Waals surface area contributed by atoms with Crippen LogP contribution in [0.25, 0.3) is 0 Å². The van der Waals surface area contributed by atoms with Gasteiger partial charge in [0.25, 0.3) is 0 Å². The van der Waals surface area contributed by atoms with Gasteiger partial charge in [-0.25, -0.2) is 4.39 Å². The standard InChI is InChI=1S/C15H11ClFN3O/c16-12-5-14(10(6-18)4-13(12)17)21-15(8-20-9-15)11-2-1-3-19-7-11/h1-5,7,20H,8-9H2. The van der Waals surface area contributed by atoms with Crippen molar-refractivity contribution in [3.8, 4) is 11.8 Å². The number of ether oxygens (including phenoxy) is 1. The van der Waals surface area contributed by atoms with Crippen LogP contribution in [0.15, 0.2) is 36.7 Å². The van der Waals surface area contributed by atoms with Crippen molar-refractivity contribution in [3.05, 3.63) is 58.6 Å². The molecule has 0 amide bonds. The molecule has 1 saturated heterocycles. The number of aromatic nitrogens is 1. The average molecular weight is 304 g/mol. The number of hydrogen-bond acceptors (Lipinski definition) is 4. The molecule has 21 heavy (non-hydrogen) atoms. The van der Waals surface area contributed by atoms with Crippen molar-refractivity contribution >= 4 is 11.6 Å². The van der Waals surface area contributed by atoms with E-state index in [9.17, 15) is 4.39 Å². The molecule has 0 radical (unpaired) electrons. The molecule has 3 rings (SSSR count). The van der Waals surface area contributed by atoms with Crippen molar-refractivity contribution in [2.45, 2.75) is 5.60 Å². The van der Waals surface area contributed by atoms with Crippen LogP contribution in [-0.4, -0.2) is 18.1 Å². The van der Waals surface area contributed by atoms with E-state index in [1.165, 1.54) is 6.07 Å². The van der Waals surface area contributed by atoms with E-state index in [1.807, 2.05) is 18.2 Å². The normalized spacial score (nSPS) is 15.9. The Morgan fingerprint density at radius 1 is 1.43 bits per heavy atom. The Morgan fingerprint density at radius 2 is 2.24 bits per heavy atom. The second-order valence-electron chi connectivity index (χ2n) is 4.82. The Kier molecular flexibility index (Phi) is 3.50. The summed E-state index contributed by atoms with van der Waals surface area (Å²) in [7, 11) is 0. The predicted molar refractivity (Wildman–Crippen MR) is 75.5 cm³/mol. The molecular formula is C15H11ClFN3O. The van der Waals surface area contributed by atoms with Crippen molar-refractivity contribution in [2.24, 2.45) is 0 Å². The van der Waals surface area contributed by atoms with Gasteiger partial charge in [-0.15, -0.1) is 0 Å². The monoisotopic (exact) mass is 303 g/mol. The van der Waals surface area contributed by atoms with Gasteiger partial charge < -0.3 is 10.1 Å². The number of nitriles is 1. The number of nitrogens with one attached hydrogen (secondary N) is 1. The second-order valence-corrected chi connectivity index (χ2v) is 5.22. The molecule has 0 aliphatic carbocycles. The van der Waals surface area contributed by atoms with Crippen molar-refractivity contribution in [3.63, 3.8) is 0 Å². The minimum atomic E-state index is -0.636. The Hall–Kier alpha value is -2.16. The first-order valence-electron chi connectivity index (χ1n) is 6.34. The summed E-state index contributed by atoms with van der Waals surface area (Å²) in [5.41, 5.74) is 0.404. The number of nitrogens with zero attached hydrogens (tertiary/aromatic N) is 2. The first-order chi connectivity index (χ1) is 10.1. The summed E-state index contributed by atoms with van der Waals surface area (Å²) in [6.07, 6.45) is 3.40. The molecule has 1 N–H and O–H groups in total. The number of hydrogen-bond donors (Lipinski definition) is 1. The van der Waals surface area contributed by atoms with Gasteiger partial charge >= 0.3 is 0 Å². The lowest BCUT2D eigenvalue weighted by Gasteiger charge is -2.42. The number of pyridine rings is 1. The van der Waals surface area contributed by atoms with Crippen molar-refractivity contribution in [1.82, 2.24) is 10.3 Å². The maximum atomic E-state index is 13.4. The van der Waals surface area contributed by atoms with Crippen molar-refractivity contribution < 1.29 is 9.13 Å². The topological polar surface area (TPSA) is 57.9 Å². The largest absolute Gasteiger partial charge is 0.478 e. The molecule has 106 valence electrons. The van der Waals surface area contributed by atoms with E-state index in [4.69, 9.17) is 21.6 Å². The lowest BCUT2D eigenvalue weighted by molar-refractivity contribution is 0.0115. The summed E-state index contributed by atoms with van der Waals surface area (Å²) in [4.78, 5) is 4.09. The smallest absolute Gasteiger partial charge is 0.160 e. The first kappa shape index (κ1) is 13.8. The molecule has 0 unspecified atom stereocenters. The Balaban J connectivity index is 1.99. The molecule has 0 bridgehead atoms. The van der Waals surface area contributed by atoms with Gasteiger partial charge in [0.05, 0.1) is 10.6 Å². The van der Waals surface area contributed by atoms with Gasteiger partial charge in [0.1, 0.15) is 17.6 Å². The van der Waals surface area contributed by atoms with Crippen molar-refractivity contribution in [2.75, 3.05) is 13.1 Å². The van der Waals surface area contributed by atoms with Gasteiger partial charge in [-0.2, -0.15) is 5.26 Å². The Morgan fingerprint density at radius 3 is 2.81 bits per heavy atom. The van der Waals surface area contributed by atoms with Crippen LogP contribution in [0.2, 0.25) is 5.02 Å². The van der Waals surface area contributed by atoms with Crippen LogP contribution in [0.3, 0.4) is 0 Å². The fourth-order valence-corrected chi connectivity index (χ4v) is 2.38. The summed E-state index contributed by atoms with van der Waals surface area (Å²) in [6.45, 7) is 1.16. The van der Waals surface area contributed by atoms with Crippen LogP contribution >= 0.6 is 11.6 Å². The van der Waals surface area contributed by atoms with E-state index in [-0.39, 0.29) is 16.3 Å².